The minimum Gasteiger partial charge on any atom is -0.393 e. The largest absolute Gasteiger partial charge is 0.393 e. The van der Waals surface area contributed by atoms with Crippen molar-refractivity contribution in [3.8, 4) is 0 Å². The van der Waals surface area contributed by atoms with E-state index in [1.54, 1.807) is 31.8 Å². The molecule has 1 atom stereocenters. The number of aliphatic hydroxyl groups is 1. The fourth-order valence-corrected chi connectivity index (χ4v) is 2.42. The molecule has 118 valence electrons. The molecule has 0 spiro atoms. The van der Waals surface area contributed by atoms with Gasteiger partial charge in [0.1, 0.15) is 5.82 Å². The molecule has 1 unspecified atom stereocenters. The molecule has 0 aliphatic heterocycles. The van der Waals surface area contributed by atoms with Gasteiger partial charge in [0.05, 0.1) is 6.10 Å². The number of urea groups is 1. The fraction of sp³-hybridized carbons (Fsp3) is 0.533. The maximum absolute atomic E-state index is 13.2. The van der Waals surface area contributed by atoms with Crippen molar-refractivity contribution in [2.75, 3.05) is 19.8 Å². The predicted molar refractivity (Wildman–Crippen MR) is 84.8 cm³/mol. The minimum absolute atomic E-state index is 0.199. The number of aliphatic hydroxyl groups excluding tert-OH is 1. The maximum Gasteiger partial charge on any atom is 0.317 e. The molecule has 4 nitrogen and oxygen atoms in total. The second-order valence-electron chi connectivity index (χ2n) is 5.06. The van der Waals surface area contributed by atoms with Gasteiger partial charge in [-0.2, -0.15) is 11.8 Å². The van der Waals surface area contributed by atoms with Gasteiger partial charge < -0.3 is 15.3 Å². The van der Waals surface area contributed by atoms with Crippen molar-refractivity contribution in [1.82, 2.24) is 10.2 Å². The number of benzene rings is 1. The zero-order valence-electron chi connectivity index (χ0n) is 12.7. The summed E-state index contributed by atoms with van der Waals surface area (Å²) < 4.78 is 13.2. The van der Waals surface area contributed by atoms with Crippen LogP contribution in [0.2, 0.25) is 0 Å². The number of carbonyl (C=O) groups excluding carboxylic acids is 1. The number of amides is 2. The van der Waals surface area contributed by atoms with E-state index in [1.165, 1.54) is 17.0 Å². The van der Waals surface area contributed by atoms with Crippen molar-refractivity contribution in [3.63, 3.8) is 0 Å². The second kappa shape index (κ2) is 8.89. The molecule has 6 heteroatoms. The summed E-state index contributed by atoms with van der Waals surface area (Å²) >= 11 is 1.61. The molecule has 0 bridgehead atoms. The summed E-state index contributed by atoms with van der Waals surface area (Å²) in [5, 5.41) is 12.0. The Morgan fingerprint density at radius 3 is 2.81 bits per heavy atom. The number of rotatable bonds is 7. The lowest BCUT2D eigenvalue weighted by molar-refractivity contribution is 0.163. The molecule has 0 heterocycles. The molecule has 0 aliphatic rings. The molecule has 1 aromatic rings. The van der Waals surface area contributed by atoms with Crippen molar-refractivity contribution in [3.05, 3.63) is 35.1 Å². The van der Waals surface area contributed by atoms with Crippen LogP contribution in [0.5, 0.6) is 0 Å². The molecule has 0 saturated heterocycles. The first-order valence-electron chi connectivity index (χ1n) is 6.87. The number of carbonyl (C=O) groups is 1. The fourth-order valence-electron chi connectivity index (χ4n) is 1.84. The summed E-state index contributed by atoms with van der Waals surface area (Å²) in [7, 11) is 1.69. The van der Waals surface area contributed by atoms with Crippen LogP contribution in [0.1, 0.15) is 24.5 Å². The molecule has 0 aliphatic carbocycles. The summed E-state index contributed by atoms with van der Waals surface area (Å²) in [4.78, 5) is 13.5. The number of halogens is 1. The Labute approximate surface area is 129 Å². The topological polar surface area (TPSA) is 52.6 Å². The molecule has 1 aromatic carbocycles. The molecule has 0 aromatic heterocycles. The van der Waals surface area contributed by atoms with E-state index < -0.39 is 6.10 Å². The van der Waals surface area contributed by atoms with Gasteiger partial charge in [-0.05, 0) is 42.9 Å². The first-order chi connectivity index (χ1) is 9.93. The van der Waals surface area contributed by atoms with E-state index in [9.17, 15) is 14.3 Å². The van der Waals surface area contributed by atoms with Crippen LogP contribution in [0.4, 0.5) is 9.18 Å². The highest BCUT2D eigenvalue weighted by atomic mass is 32.2. The van der Waals surface area contributed by atoms with Crippen molar-refractivity contribution >= 4 is 17.8 Å². The molecule has 2 amide bonds. The third-order valence-electron chi connectivity index (χ3n) is 3.13. The van der Waals surface area contributed by atoms with Crippen LogP contribution in [0, 0.1) is 5.82 Å². The molecule has 21 heavy (non-hydrogen) atoms. The van der Waals surface area contributed by atoms with Gasteiger partial charge in [0.15, 0.2) is 0 Å². The third-order valence-corrected chi connectivity index (χ3v) is 3.73. The van der Waals surface area contributed by atoms with Gasteiger partial charge in [0, 0.05) is 25.9 Å². The summed E-state index contributed by atoms with van der Waals surface area (Å²) in [5.74, 6) is 0.448. The van der Waals surface area contributed by atoms with Gasteiger partial charge in [0.25, 0.3) is 0 Å². The van der Waals surface area contributed by atoms with Crippen molar-refractivity contribution in [2.45, 2.75) is 31.7 Å². The Kier molecular flexibility index (Phi) is 7.53. The van der Waals surface area contributed by atoms with Gasteiger partial charge in [-0.3, -0.25) is 0 Å². The van der Waals surface area contributed by atoms with E-state index in [0.29, 0.717) is 25.3 Å². The van der Waals surface area contributed by atoms with Gasteiger partial charge in [-0.25, -0.2) is 9.18 Å². The SMILES string of the molecule is CSCc1cc(F)ccc1CNC(=O)N(C)CCC(C)O. The number of hydrogen-bond acceptors (Lipinski definition) is 3. The Bertz CT molecular complexity index is 469. The number of nitrogens with zero attached hydrogens (tertiary/aromatic N) is 1. The highest BCUT2D eigenvalue weighted by Gasteiger charge is 2.10. The molecule has 2 N–H and O–H groups in total. The normalized spacial score (nSPS) is 12.0. The third kappa shape index (κ3) is 6.35. The Hall–Kier alpha value is -1.27. The molecular formula is C15H23FN2O2S. The van der Waals surface area contributed by atoms with Crippen molar-refractivity contribution < 1.29 is 14.3 Å². The maximum atomic E-state index is 13.2. The van der Waals surface area contributed by atoms with E-state index in [0.717, 1.165) is 11.1 Å². The number of nitrogens with one attached hydrogen (secondary N) is 1. The Morgan fingerprint density at radius 1 is 1.48 bits per heavy atom. The highest BCUT2D eigenvalue weighted by molar-refractivity contribution is 7.97. The van der Waals surface area contributed by atoms with Crippen LogP contribution in [0.15, 0.2) is 18.2 Å². The lowest BCUT2D eigenvalue weighted by Gasteiger charge is -2.19. The van der Waals surface area contributed by atoms with Crippen LogP contribution in [0.25, 0.3) is 0 Å². The van der Waals surface area contributed by atoms with E-state index >= 15 is 0 Å². The smallest absolute Gasteiger partial charge is 0.317 e. The van der Waals surface area contributed by atoms with Crippen molar-refractivity contribution in [2.24, 2.45) is 0 Å². The van der Waals surface area contributed by atoms with Crippen LogP contribution < -0.4 is 5.32 Å². The lowest BCUT2D eigenvalue weighted by Crippen LogP contribution is -2.38. The van der Waals surface area contributed by atoms with Gasteiger partial charge >= 0.3 is 6.03 Å². The zero-order chi connectivity index (χ0) is 15.8. The Balaban J connectivity index is 2.56. The average Bonchev–Trinajstić information content (AvgIpc) is 2.43. The second-order valence-corrected chi connectivity index (χ2v) is 5.93. The monoisotopic (exact) mass is 314 g/mol. The summed E-state index contributed by atoms with van der Waals surface area (Å²) in [6, 6.07) is 4.42. The summed E-state index contributed by atoms with van der Waals surface area (Å²) in [6.07, 6.45) is 2.07. The predicted octanol–water partition coefficient (Wildman–Crippen LogP) is 2.60. The van der Waals surface area contributed by atoms with Crippen LogP contribution in [-0.2, 0) is 12.3 Å². The van der Waals surface area contributed by atoms with Crippen LogP contribution in [-0.4, -0.2) is 42.0 Å². The van der Waals surface area contributed by atoms with E-state index in [2.05, 4.69) is 5.32 Å². The number of thioether (sulfide) groups is 1. The summed E-state index contributed by atoms with van der Waals surface area (Å²) in [6.45, 7) is 2.55. The summed E-state index contributed by atoms with van der Waals surface area (Å²) in [5.41, 5.74) is 1.82. The minimum atomic E-state index is -0.425. The van der Waals surface area contributed by atoms with Gasteiger partial charge in [-0.1, -0.05) is 6.07 Å². The molecular weight excluding hydrogens is 291 g/mol. The molecule has 0 saturated carbocycles. The standard InChI is InChI=1S/C15H23FN2O2S/c1-11(19)6-7-18(2)15(20)17-9-12-4-5-14(16)8-13(12)10-21-3/h4-5,8,11,19H,6-7,9-10H2,1-3H3,(H,17,20). The van der Waals surface area contributed by atoms with Crippen molar-refractivity contribution in [1.29, 1.82) is 0 Å². The van der Waals surface area contributed by atoms with Gasteiger partial charge in [-0.15, -0.1) is 0 Å². The Morgan fingerprint density at radius 2 is 2.19 bits per heavy atom. The lowest BCUT2D eigenvalue weighted by atomic mass is 10.1. The van der Waals surface area contributed by atoms with Crippen LogP contribution in [0.3, 0.4) is 0 Å². The van der Waals surface area contributed by atoms with E-state index in [1.807, 2.05) is 6.26 Å². The molecule has 0 radical (unpaired) electrons. The highest BCUT2D eigenvalue weighted by Crippen LogP contribution is 2.16. The van der Waals surface area contributed by atoms with E-state index in [-0.39, 0.29) is 11.8 Å². The van der Waals surface area contributed by atoms with Gasteiger partial charge in [0.2, 0.25) is 0 Å². The average molecular weight is 314 g/mol. The first-order valence-corrected chi connectivity index (χ1v) is 8.26. The molecule has 1 rings (SSSR count). The number of hydrogen-bond donors (Lipinski definition) is 2. The van der Waals surface area contributed by atoms with Crippen LogP contribution >= 0.6 is 11.8 Å². The van der Waals surface area contributed by atoms with E-state index in [4.69, 9.17) is 0 Å². The quantitative estimate of drug-likeness (QED) is 0.813. The first kappa shape index (κ1) is 17.8. The molecule has 0 fully saturated rings. The zero-order valence-corrected chi connectivity index (χ0v) is 13.5.